The summed E-state index contributed by atoms with van der Waals surface area (Å²) >= 11 is 0. The molecule has 0 atom stereocenters. The van der Waals surface area contributed by atoms with E-state index in [0.29, 0.717) is 5.46 Å². The monoisotopic (exact) mass is 306 g/mol. The molecule has 0 aliphatic carbocycles. The molecule has 0 amide bonds. The quantitative estimate of drug-likeness (QED) is 0.414. The van der Waals surface area contributed by atoms with Crippen molar-refractivity contribution in [2.24, 2.45) is 0 Å². The normalized spacial score (nSPS) is 19.2. The standard InChI is InChI=1S/C15H27BN4O2/c21-16(22)15-4-2-1-3-14(15)13-20-11-9-18-7-5-17-6-8-19-10-12-20/h1-4,17-19,21-22H,5-13H2. The van der Waals surface area contributed by atoms with Gasteiger partial charge in [0.05, 0.1) is 0 Å². The maximum absolute atomic E-state index is 9.49. The van der Waals surface area contributed by atoms with E-state index in [9.17, 15) is 10.0 Å². The highest BCUT2D eigenvalue weighted by Crippen LogP contribution is 2.03. The van der Waals surface area contributed by atoms with Crippen LogP contribution < -0.4 is 21.4 Å². The number of benzene rings is 1. The molecule has 0 saturated carbocycles. The van der Waals surface area contributed by atoms with E-state index in [-0.39, 0.29) is 0 Å². The largest absolute Gasteiger partial charge is 0.488 e. The minimum atomic E-state index is -1.41. The highest BCUT2D eigenvalue weighted by atomic mass is 16.4. The van der Waals surface area contributed by atoms with E-state index in [4.69, 9.17) is 0 Å². The Morgan fingerprint density at radius 3 is 2.00 bits per heavy atom. The highest BCUT2D eigenvalue weighted by Gasteiger charge is 2.17. The second-order valence-corrected chi connectivity index (χ2v) is 5.60. The summed E-state index contributed by atoms with van der Waals surface area (Å²) in [5.41, 5.74) is 1.57. The molecule has 122 valence electrons. The van der Waals surface area contributed by atoms with Crippen molar-refractivity contribution in [2.45, 2.75) is 6.54 Å². The van der Waals surface area contributed by atoms with Crippen LogP contribution in [-0.4, -0.2) is 74.4 Å². The molecule has 0 aromatic heterocycles. The Morgan fingerprint density at radius 1 is 0.864 bits per heavy atom. The van der Waals surface area contributed by atoms with Gasteiger partial charge in [0, 0.05) is 58.9 Å². The predicted octanol–water partition coefficient (Wildman–Crippen LogP) is -2.05. The van der Waals surface area contributed by atoms with E-state index in [2.05, 4.69) is 20.9 Å². The van der Waals surface area contributed by atoms with Gasteiger partial charge < -0.3 is 26.0 Å². The van der Waals surface area contributed by atoms with Crippen LogP contribution in [0.3, 0.4) is 0 Å². The summed E-state index contributed by atoms with van der Waals surface area (Å²) in [6.45, 7) is 8.41. The summed E-state index contributed by atoms with van der Waals surface area (Å²) in [4.78, 5) is 2.34. The number of hydrogen-bond donors (Lipinski definition) is 5. The van der Waals surface area contributed by atoms with Gasteiger partial charge in [-0.3, -0.25) is 4.90 Å². The third-order valence-electron chi connectivity index (χ3n) is 3.89. The molecule has 0 unspecified atom stereocenters. The third kappa shape index (κ3) is 6.04. The van der Waals surface area contributed by atoms with Crippen LogP contribution in [0.1, 0.15) is 5.56 Å². The lowest BCUT2D eigenvalue weighted by Gasteiger charge is -2.25. The van der Waals surface area contributed by atoms with Crippen molar-refractivity contribution in [3.63, 3.8) is 0 Å². The molecule has 0 spiro atoms. The van der Waals surface area contributed by atoms with Crippen molar-refractivity contribution in [1.29, 1.82) is 0 Å². The van der Waals surface area contributed by atoms with Gasteiger partial charge in [-0.25, -0.2) is 0 Å². The SMILES string of the molecule is OB(O)c1ccccc1CN1CCNCCNCCNCC1. The third-order valence-corrected chi connectivity index (χ3v) is 3.89. The van der Waals surface area contributed by atoms with Crippen LogP contribution >= 0.6 is 0 Å². The van der Waals surface area contributed by atoms with Crippen LogP contribution in [0.4, 0.5) is 0 Å². The first-order valence-corrected chi connectivity index (χ1v) is 8.06. The van der Waals surface area contributed by atoms with Gasteiger partial charge >= 0.3 is 7.12 Å². The van der Waals surface area contributed by atoms with Crippen molar-refractivity contribution < 1.29 is 10.0 Å². The first kappa shape index (κ1) is 17.4. The summed E-state index contributed by atoms with van der Waals surface area (Å²) in [5.74, 6) is 0. The first-order valence-electron chi connectivity index (χ1n) is 8.06. The number of nitrogens with zero attached hydrogens (tertiary/aromatic N) is 1. The van der Waals surface area contributed by atoms with Crippen molar-refractivity contribution in [2.75, 3.05) is 52.4 Å². The molecule has 1 saturated heterocycles. The average molecular weight is 306 g/mol. The lowest BCUT2D eigenvalue weighted by atomic mass is 9.77. The Bertz CT molecular complexity index is 422. The lowest BCUT2D eigenvalue weighted by molar-refractivity contribution is 0.263. The van der Waals surface area contributed by atoms with Crippen molar-refractivity contribution in [3.8, 4) is 0 Å². The van der Waals surface area contributed by atoms with E-state index >= 15 is 0 Å². The Hall–Kier alpha value is -0.955. The second kappa shape index (κ2) is 9.94. The number of hydrogen-bond acceptors (Lipinski definition) is 6. The summed E-state index contributed by atoms with van der Waals surface area (Å²) < 4.78 is 0. The molecule has 2 rings (SSSR count). The maximum Gasteiger partial charge on any atom is 0.488 e. The number of rotatable bonds is 3. The van der Waals surface area contributed by atoms with E-state index in [1.807, 2.05) is 18.2 Å². The van der Waals surface area contributed by atoms with Gasteiger partial charge in [-0.05, 0) is 11.0 Å². The lowest BCUT2D eigenvalue weighted by Crippen LogP contribution is -2.42. The molecule has 7 heteroatoms. The summed E-state index contributed by atoms with van der Waals surface area (Å²) in [6.07, 6.45) is 0. The fourth-order valence-electron chi connectivity index (χ4n) is 2.64. The van der Waals surface area contributed by atoms with Gasteiger partial charge in [0.15, 0.2) is 0 Å². The Balaban J connectivity index is 1.95. The second-order valence-electron chi connectivity index (χ2n) is 5.60. The summed E-state index contributed by atoms with van der Waals surface area (Å²) in [6, 6.07) is 7.53. The van der Waals surface area contributed by atoms with Gasteiger partial charge in [-0.1, -0.05) is 24.3 Å². The van der Waals surface area contributed by atoms with E-state index in [1.165, 1.54) is 0 Å². The molecule has 5 N–H and O–H groups in total. The predicted molar refractivity (Wildman–Crippen MR) is 90.2 cm³/mol. The van der Waals surface area contributed by atoms with Gasteiger partial charge in [-0.2, -0.15) is 0 Å². The Labute approximate surface area is 133 Å². The van der Waals surface area contributed by atoms with E-state index < -0.39 is 7.12 Å². The smallest absolute Gasteiger partial charge is 0.423 e. The van der Waals surface area contributed by atoms with E-state index in [1.54, 1.807) is 6.07 Å². The van der Waals surface area contributed by atoms with Gasteiger partial charge in [0.1, 0.15) is 0 Å². The molecule has 0 bridgehead atoms. The molecule has 1 aliphatic rings. The maximum atomic E-state index is 9.49. The van der Waals surface area contributed by atoms with Crippen LogP contribution in [0.5, 0.6) is 0 Å². The van der Waals surface area contributed by atoms with Gasteiger partial charge in [0.2, 0.25) is 0 Å². The highest BCUT2D eigenvalue weighted by molar-refractivity contribution is 6.59. The molecule has 1 aromatic rings. The van der Waals surface area contributed by atoms with Crippen LogP contribution in [0.25, 0.3) is 0 Å². The molecule has 1 heterocycles. The topological polar surface area (TPSA) is 79.8 Å². The van der Waals surface area contributed by atoms with Crippen molar-refractivity contribution in [1.82, 2.24) is 20.9 Å². The average Bonchev–Trinajstić information content (AvgIpc) is 2.50. The van der Waals surface area contributed by atoms with Crippen LogP contribution in [-0.2, 0) is 6.54 Å². The zero-order valence-corrected chi connectivity index (χ0v) is 13.1. The minimum absolute atomic E-state index is 0.596. The Morgan fingerprint density at radius 2 is 1.41 bits per heavy atom. The molecular formula is C15H27BN4O2. The molecular weight excluding hydrogens is 279 g/mol. The van der Waals surface area contributed by atoms with Crippen LogP contribution in [0.2, 0.25) is 0 Å². The summed E-state index contributed by atoms with van der Waals surface area (Å²) in [7, 11) is -1.41. The first-order chi connectivity index (χ1) is 10.8. The zero-order valence-electron chi connectivity index (χ0n) is 13.1. The molecule has 1 aromatic carbocycles. The molecule has 22 heavy (non-hydrogen) atoms. The molecule has 0 radical (unpaired) electrons. The number of nitrogens with one attached hydrogen (secondary N) is 3. The fraction of sp³-hybridized carbons (Fsp3) is 0.600. The minimum Gasteiger partial charge on any atom is -0.423 e. The molecule has 1 aliphatic heterocycles. The van der Waals surface area contributed by atoms with Crippen LogP contribution in [0, 0.1) is 0 Å². The summed E-state index contributed by atoms with van der Waals surface area (Å²) in [5, 5.41) is 29.2. The van der Waals surface area contributed by atoms with E-state index in [0.717, 1.165) is 64.5 Å². The Kier molecular flexibility index (Phi) is 7.86. The van der Waals surface area contributed by atoms with Crippen LogP contribution in [0.15, 0.2) is 24.3 Å². The van der Waals surface area contributed by atoms with Gasteiger partial charge in [-0.15, -0.1) is 0 Å². The van der Waals surface area contributed by atoms with Gasteiger partial charge in [0.25, 0.3) is 0 Å². The molecule has 1 fully saturated rings. The zero-order chi connectivity index (χ0) is 15.6. The molecule has 6 nitrogen and oxygen atoms in total. The van der Waals surface area contributed by atoms with Crippen molar-refractivity contribution >= 4 is 12.6 Å². The fourth-order valence-corrected chi connectivity index (χ4v) is 2.64. The van der Waals surface area contributed by atoms with Crippen molar-refractivity contribution in [3.05, 3.63) is 29.8 Å².